The molecular weight excluding hydrogens is 270 g/mol. The van der Waals surface area contributed by atoms with Gasteiger partial charge in [-0.3, -0.25) is 9.59 Å². The zero-order valence-corrected chi connectivity index (χ0v) is 13.0. The van der Waals surface area contributed by atoms with E-state index < -0.39 is 0 Å². The summed E-state index contributed by atoms with van der Waals surface area (Å²) in [4.78, 5) is 27.5. The van der Waals surface area contributed by atoms with E-state index in [0.29, 0.717) is 23.5 Å². The second kappa shape index (κ2) is 7.52. The van der Waals surface area contributed by atoms with Crippen molar-refractivity contribution in [1.82, 2.24) is 9.80 Å². The van der Waals surface area contributed by atoms with Crippen molar-refractivity contribution in [3.63, 3.8) is 0 Å². The average Bonchev–Trinajstić information content (AvgIpc) is 2.45. The summed E-state index contributed by atoms with van der Waals surface area (Å²) >= 11 is 0. The molecule has 0 fully saturated rings. The molecule has 1 aromatic rings. The molecule has 0 aliphatic heterocycles. The van der Waals surface area contributed by atoms with Crippen LogP contribution in [0, 0.1) is 0 Å². The molecule has 6 nitrogen and oxygen atoms in total. The summed E-state index contributed by atoms with van der Waals surface area (Å²) < 4.78 is 5.20. The van der Waals surface area contributed by atoms with E-state index in [1.165, 1.54) is 16.9 Å². The average molecular weight is 293 g/mol. The van der Waals surface area contributed by atoms with Gasteiger partial charge in [0.05, 0.1) is 12.7 Å². The fourth-order valence-corrected chi connectivity index (χ4v) is 1.89. The smallest absolute Gasteiger partial charge is 0.258 e. The van der Waals surface area contributed by atoms with Crippen LogP contribution in [0.5, 0.6) is 5.75 Å². The minimum Gasteiger partial charge on any atom is -0.496 e. The maximum atomic E-state index is 12.6. The topological polar surface area (TPSA) is 75.9 Å². The summed E-state index contributed by atoms with van der Waals surface area (Å²) in [6, 6.07) is 4.90. The molecule has 0 aliphatic rings. The van der Waals surface area contributed by atoms with Crippen LogP contribution in [0.3, 0.4) is 0 Å². The molecule has 0 heterocycles. The number of methoxy groups -OCH3 is 1. The second-order valence-electron chi connectivity index (χ2n) is 4.97. The largest absolute Gasteiger partial charge is 0.496 e. The van der Waals surface area contributed by atoms with Crippen molar-refractivity contribution in [3.8, 4) is 5.75 Å². The summed E-state index contributed by atoms with van der Waals surface area (Å²) in [5.41, 5.74) is 6.60. The van der Waals surface area contributed by atoms with Gasteiger partial charge in [-0.1, -0.05) is 6.92 Å². The van der Waals surface area contributed by atoms with Gasteiger partial charge in [-0.2, -0.15) is 0 Å². The summed E-state index contributed by atoms with van der Waals surface area (Å²) in [6.07, 6.45) is 0.761. The number of benzene rings is 1. The Morgan fingerprint density at radius 3 is 2.48 bits per heavy atom. The van der Waals surface area contributed by atoms with Gasteiger partial charge >= 0.3 is 0 Å². The Morgan fingerprint density at radius 2 is 1.95 bits per heavy atom. The van der Waals surface area contributed by atoms with Crippen LogP contribution in [-0.4, -0.2) is 55.9 Å². The van der Waals surface area contributed by atoms with Gasteiger partial charge in [0.1, 0.15) is 12.3 Å². The maximum Gasteiger partial charge on any atom is 0.258 e. The van der Waals surface area contributed by atoms with E-state index in [9.17, 15) is 9.59 Å². The number of nitrogens with two attached hydrogens (primary N) is 1. The Labute approximate surface area is 125 Å². The van der Waals surface area contributed by atoms with Crippen LogP contribution in [0.2, 0.25) is 0 Å². The lowest BCUT2D eigenvalue weighted by Gasteiger charge is -2.24. The highest BCUT2D eigenvalue weighted by Crippen LogP contribution is 2.22. The highest BCUT2D eigenvalue weighted by Gasteiger charge is 2.22. The predicted molar refractivity (Wildman–Crippen MR) is 82.3 cm³/mol. The van der Waals surface area contributed by atoms with Crippen molar-refractivity contribution in [2.24, 2.45) is 0 Å². The van der Waals surface area contributed by atoms with Gasteiger partial charge in [0.15, 0.2) is 0 Å². The Balaban J connectivity index is 3.05. The molecule has 2 N–H and O–H groups in total. The first-order valence-corrected chi connectivity index (χ1v) is 6.83. The first-order chi connectivity index (χ1) is 9.90. The number of hydrogen-bond donors (Lipinski definition) is 1. The number of likely N-dealkylation sites (N-methyl/N-ethyl adjacent to an activating group) is 1. The highest BCUT2D eigenvalue weighted by atomic mass is 16.5. The molecule has 21 heavy (non-hydrogen) atoms. The lowest BCUT2D eigenvalue weighted by molar-refractivity contribution is -0.129. The number of anilines is 1. The molecule has 6 heteroatoms. The molecule has 1 rings (SSSR count). The van der Waals surface area contributed by atoms with Crippen LogP contribution in [0.15, 0.2) is 18.2 Å². The summed E-state index contributed by atoms with van der Waals surface area (Å²) in [7, 11) is 4.83. The number of carbonyl (C=O) groups excluding carboxylic acids is 2. The second-order valence-corrected chi connectivity index (χ2v) is 4.97. The zero-order chi connectivity index (χ0) is 16.0. The van der Waals surface area contributed by atoms with E-state index in [0.717, 1.165) is 6.42 Å². The molecule has 2 amide bonds. The first-order valence-electron chi connectivity index (χ1n) is 6.83. The van der Waals surface area contributed by atoms with Crippen LogP contribution in [0.1, 0.15) is 23.7 Å². The monoisotopic (exact) mass is 293 g/mol. The van der Waals surface area contributed by atoms with Gasteiger partial charge in [0.2, 0.25) is 5.91 Å². The van der Waals surface area contributed by atoms with Crippen molar-refractivity contribution in [3.05, 3.63) is 23.8 Å². The van der Waals surface area contributed by atoms with Crippen LogP contribution >= 0.6 is 0 Å². The number of nitrogens with zero attached hydrogens (tertiary/aromatic N) is 2. The number of amides is 2. The quantitative estimate of drug-likeness (QED) is 0.800. The van der Waals surface area contributed by atoms with Crippen molar-refractivity contribution in [2.75, 3.05) is 40.0 Å². The highest BCUT2D eigenvalue weighted by molar-refractivity contribution is 5.99. The fourth-order valence-electron chi connectivity index (χ4n) is 1.89. The normalized spacial score (nSPS) is 10.1. The molecule has 0 atom stereocenters. The molecule has 0 bridgehead atoms. The van der Waals surface area contributed by atoms with Crippen molar-refractivity contribution in [2.45, 2.75) is 13.3 Å². The Morgan fingerprint density at radius 1 is 1.29 bits per heavy atom. The summed E-state index contributed by atoms with van der Waals surface area (Å²) in [5, 5.41) is 0. The Hall–Kier alpha value is -2.24. The third-order valence-corrected chi connectivity index (χ3v) is 3.06. The molecule has 0 aromatic heterocycles. The predicted octanol–water partition coefficient (Wildman–Crippen LogP) is 1.22. The van der Waals surface area contributed by atoms with Crippen molar-refractivity contribution >= 4 is 17.5 Å². The van der Waals surface area contributed by atoms with Crippen LogP contribution in [-0.2, 0) is 4.79 Å². The number of nitrogen functional groups attached to an aromatic ring is 1. The third-order valence-electron chi connectivity index (χ3n) is 3.06. The van der Waals surface area contributed by atoms with Crippen LogP contribution in [0.25, 0.3) is 0 Å². The molecule has 0 spiro atoms. The first kappa shape index (κ1) is 16.8. The van der Waals surface area contributed by atoms with Crippen molar-refractivity contribution in [1.29, 1.82) is 0 Å². The molecule has 0 saturated heterocycles. The van der Waals surface area contributed by atoms with E-state index in [4.69, 9.17) is 10.5 Å². The number of rotatable bonds is 6. The zero-order valence-electron chi connectivity index (χ0n) is 13.0. The number of hydrogen-bond acceptors (Lipinski definition) is 4. The van der Waals surface area contributed by atoms with Gasteiger partial charge in [0.25, 0.3) is 5.91 Å². The Kier molecular flexibility index (Phi) is 6.02. The molecule has 0 saturated carbocycles. The van der Waals surface area contributed by atoms with E-state index >= 15 is 0 Å². The standard InChI is InChI=1S/C15H23N3O3/c1-5-8-18(10-14(19)17(2)3)15(20)12-9-11(16)6-7-13(12)21-4/h6-7,9H,5,8,10,16H2,1-4H3. The van der Waals surface area contributed by atoms with Gasteiger partial charge in [-0.05, 0) is 24.6 Å². The molecule has 0 unspecified atom stereocenters. The van der Waals surface area contributed by atoms with E-state index in [2.05, 4.69) is 0 Å². The Bertz CT molecular complexity index is 515. The minimum atomic E-state index is -0.254. The van der Waals surface area contributed by atoms with Crippen LogP contribution in [0.4, 0.5) is 5.69 Å². The number of ether oxygens (including phenoxy) is 1. The minimum absolute atomic E-state index is 0.0393. The fraction of sp³-hybridized carbons (Fsp3) is 0.467. The van der Waals surface area contributed by atoms with Gasteiger partial charge in [-0.15, -0.1) is 0 Å². The lowest BCUT2D eigenvalue weighted by atomic mass is 10.1. The number of carbonyl (C=O) groups is 2. The SMILES string of the molecule is CCCN(CC(=O)N(C)C)C(=O)c1cc(N)ccc1OC. The summed E-state index contributed by atoms with van der Waals surface area (Å²) in [5.74, 6) is 0.0727. The molecular formula is C15H23N3O3. The molecule has 1 aromatic carbocycles. The van der Waals surface area contributed by atoms with E-state index in [1.807, 2.05) is 6.92 Å². The van der Waals surface area contributed by atoms with E-state index in [-0.39, 0.29) is 18.4 Å². The lowest BCUT2D eigenvalue weighted by Crippen LogP contribution is -2.40. The van der Waals surface area contributed by atoms with Crippen molar-refractivity contribution < 1.29 is 14.3 Å². The van der Waals surface area contributed by atoms with Gasteiger partial charge in [0, 0.05) is 26.3 Å². The maximum absolute atomic E-state index is 12.6. The summed E-state index contributed by atoms with van der Waals surface area (Å²) in [6.45, 7) is 2.49. The van der Waals surface area contributed by atoms with Crippen LogP contribution < -0.4 is 10.5 Å². The van der Waals surface area contributed by atoms with Gasteiger partial charge < -0.3 is 20.3 Å². The van der Waals surface area contributed by atoms with Gasteiger partial charge in [-0.25, -0.2) is 0 Å². The molecule has 116 valence electrons. The molecule has 0 radical (unpaired) electrons. The molecule has 0 aliphatic carbocycles. The third kappa shape index (κ3) is 4.37. The van der Waals surface area contributed by atoms with E-state index in [1.54, 1.807) is 32.3 Å².